The minimum Gasteiger partial charge on any atom is -0.465 e. The maximum absolute atomic E-state index is 12.4. The summed E-state index contributed by atoms with van der Waals surface area (Å²) in [6.45, 7) is 4.02. The van der Waals surface area contributed by atoms with Crippen LogP contribution in [0.2, 0.25) is 0 Å². The fraction of sp³-hybridized carbons (Fsp3) is 0.412. The highest BCUT2D eigenvalue weighted by molar-refractivity contribution is 6.03. The number of nitrogens with one attached hydrogen (secondary N) is 1. The summed E-state index contributed by atoms with van der Waals surface area (Å²) in [6, 6.07) is 3.27. The predicted octanol–water partition coefficient (Wildman–Crippen LogP) is 2.60. The van der Waals surface area contributed by atoms with E-state index in [1.165, 1.54) is 38.3 Å². The van der Waals surface area contributed by atoms with Gasteiger partial charge < -0.3 is 10.1 Å². The van der Waals surface area contributed by atoms with E-state index in [2.05, 4.69) is 27.1 Å². The molecule has 7 heteroatoms. The molecule has 1 amide bonds. The molecule has 0 unspecified atom stereocenters. The zero-order valence-corrected chi connectivity index (χ0v) is 13.9. The number of amides is 1. The molecule has 0 saturated heterocycles. The Morgan fingerprint density at radius 2 is 2.08 bits per heavy atom. The Labute approximate surface area is 140 Å². The third kappa shape index (κ3) is 3.15. The minimum atomic E-state index is -0.485. The van der Waals surface area contributed by atoms with Crippen molar-refractivity contribution in [1.82, 2.24) is 14.8 Å². The molecule has 24 heavy (non-hydrogen) atoms. The van der Waals surface area contributed by atoms with Crippen LogP contribution >= 0.6 is 0 Å². The number of carbonyl (C=O) groups is 2. The van der Waals surface area contributed by atoms with E-state index in [1.807, 2.05) is 11.6 Å². The van der Waals surface area contributed by atoms with Crippen molar-refractivity contribution in [3.63, 3.8) is 0 Å². The van der Waals surface area contributed by atoms with Gasteiger partial charge in [-0.15, -0.1) is 0 Å². The monoisotopic (exact) mass is 328 g/mol. The molecule has 0 aromatic carbocycles. The van der Waals surface area contributed by atoms with E-state index in [4.69, 9.17) is 0 Å². The first kappa shape index (κ1) is 16.2. The first-order chi connectivity index (χ1) is 11.5. The predicted molar refractivity (Wildman–Crippen MR) is 87.9 cm³/mol. The highest BCUT2D eigenvalue weighted by atomic mass is 16.5. The number of anilines is 1. The maximum Gasteiger partial charge on any atom is 0.339 e. The lowest BCUT2D eigenvalue weighted by atomic mass is 10.2. The number of aromatic nitrogens is 3. The fourth-order valence-electron chi connectivity index (χ4n) is 2.63. The molecule has 0 spiro atoms. The van der Waals surface area contributed by atoms with Crippen LogP contribution in [0.25, 0.3) is 0 Å². The second-order valence-electron chi connectivity index (χ2n) is 6.08. The van der Waals surface area contributed by atoms with Gasteiger partial charge in [-0.25, -0.2) is 9.48 Å². The van der Waals surface area contributed by atoms with Crippen molar-refractivity contribution in [2.45, 2.75) is 32.7 Å². The Kier molecular flexibility index (Phi) is 4.33. The normalized spacial score (nSPS) is 15.0. The molecule has 1 aliphatic rings. The second-order valence-corrected chi connectivity index (χ2v) is 6.08. The Bertz CT molecular complexity index is 763. The van der Waals surface area contributed by atoms with Gasteiger partial charge in [-0.05, 0) is 44.7 Å². The SMILES string of the molecule is COC(=O)c1ccc(C(=O)Nc2c(C)cnn2[C@@H](C)C2CC2)nc1. The summed E-state index contributed by atoms with van der Waals surface area (Å²) >= 11 is 0. The molecule has 3 rings (SSSR count). The van der Waals surface area contributed by atoms with Crippen molar-refractivity contribution in [3.8, 4) is 0 Å². The zero-order chi connectivity index (χ0) is 17.3. The van der Waals surface area contributed by atoms with Gasteiger partial charge in [0, 0.05) is 11.8 Å². The topological polar surface area (TPSA) is 86.1 Å². The van der Waals surface area contributed by atoms with Crippen LogP contribution in [0.1, 0.15) is 52.2 Å². The van der Waals surface area contributed by atoms with Crippen LogP contribution in [0, 0.1) is 12.8 Å². The Balaban J connectivity index is 1.77. The van der Waals surface area contributed by atoms with Gasteiger partial charge in [0.05, 0.1) is 24.9 Å². The van der Waals surface area contributed by atoms with Gasteiger partial charge >= 0.3 is 5.97 Å². The molecular formula is C17H20N4O3. The average molecular weight is 328 g/mol. The molecule has 7 nitrogen and oxygen atoms in total. The molecule has 1 aliphatic carbocycles. The van der Waals surface area contributed by atoms with Crippen LogP contribution in [-0.2, 0) is 4.74 Å². The third-order valence-electron chi connectivity index (χ3n) is 4.32. The quantitative estimate of drug-likeness (QED) is 0.853. The molecule has 1 saturated carbocycles. The maximum atomic E-state index is 12.4. The Morgan fingerprint density at radius 3 is 2.67 bits per heavy atom. The molecule has 0 radical (unpaired) electrons. The first-order valence-electron chi connectivity index (χ1n) is 7.91. The molecular weight excluding hydrogens is 308 g/mol. The van der Waals surface area contributed by atoms with Crippen LogP contribution < -0.4 is 5.32 Å². The van der Waals surface area contributed by atoms with Crippen molar-refractivity contribution < 1.29 is 14.3 Å². The van der Waals surface area contributed by atoms with Crippen LogP contribution in [-0.4, -0.2) is 33.8 Å². The summed E-state index contributed by atoms with van der Waals surface area (Å²) in [4.78, 5) is 27.9. The van der Waals surface area contributed by atoms with E-state index in [0.717, 1.165) is 5.56 Å². The minimum absolute atomic E-state index is 0.230. The zero-order valence-electron chi connectivity index (χ0n) is 13.9. The molecule has 1 fully saturated rings. The van der Waals surface area contributed by atoms with Crippen molar-refractivity contribution in [3.05, 3.63) is 41.3 Å². The van der Waals surface area contributed by atoms with E-state index in [9.17, 15) is 9.59 Å². The summed E-state index contributed by atoms with van der Waals surface area (Å²) in [5.74, 6) is 0.497. The molecule has 126 valence electrons. The van der Waals surface area contributed by atoms with E-state index >= 15 is 0 Å². The molecule has 2 aromatic heterocycles. The van der Waals surface area contributed by atoms with Crippen LogP contribution in [0.4, 0.5) is 5.82 Å². The summed E-state index contributed by atoms with van der Waals surface area (Å²) < 4.78 is 6.49. The van der Waals surface area contributed by atoms with Gasteiger partial charge in [-0.2, -0.15) is 5.10 Å². The third-order valence-corrected chi connectivity index (χ3v) is 4.32. The number of rotatable bonds is 5. The van der Waals surface area contributed by atoms with E-state index in [-0.39, 0.29) is 17.6 Å². The average Bonchev–Trinajstić information content (AvgIpc) is 3.39. The number of esters is 1. The summed E-state index contributed by atoms with van der Waals surface area (Å²) in [6.07, 6.45) is 5.48. The van der Waals surface area contributed by atoms with Crippen molar-refractivity contribution in [1.29, 1.82) is 0 Å². The highest BCUT2D eigenvalue weighted by Gasteiger charge is 2.31. The standard InChI is InChI=1S/C17H20N4O3/c1-10-8-19-21(11(2)12-4-5-12)15(10)20-16(22)14-7-6-13(9-18-14)17(23)24-3/h6-9,11-12H,4-5H2,1-3H3,(H,20,22)/t11-/m0/s1. The lowest BCUT2D eigenvalue weighted by molar-refractivity contribution is 0.0600. The number of carbonyl (C=O) groups excluding carboxylic acids is 2. The fourth-order valence-corrected chi connectivity index (χ4v) is 2.63. The number of methoxy groups -OCH3 is 1. The molecule has 0 bridgehead atoms. The number of pyridine rings is 1. The summed E-state index contributed by atoms with van der Waals surface area (Å²) in [5, 5.41) is 7.28. The molecule has 1 atom stereocenters. The van der Waals surface area contributed by atoms with Crippen LogP contribution in [0.3, 0.4) is 0 Å². The molecule has 1 N–H and O–H groups in total. The van der Waals surface area contributed by atoms with Gasteiger partial charge in [0.15, 0.2) is 0 Å². The van der Waals surface area contributed by atoms with Gasteiger partial charge in [-0.1, -0.05) is 0 Å². The van der Waals surface area contributed by atoms with Gasteiger partial charge in [0.2, 0.25) is 0 Å². The number of aryl methyl sites for hydroxylation is 1. The molecule has 2 heterocycles. The molecule has 0 aliphatic heterocycles. The first-order valence-corrected chi connectivity index (χ1v) is 7.91. The number of ether oxygens (including phenoxy) is 1. The molecule has 2 aromatic rings. The van der Waals surface area contributed by atoms with Crippen LogP contribution in [0.5, 0.6) is 0 Å². The van der Waals surface area contributed by atoms with E-state index in [0.29, 0.717) is 17.3 Å². The van der Waals surface area contributed by atoms with E-state index < -0.39 is 5.97 Å². The lowest BCUT2D eigenvalue weighted by Gasteiger charge is -2.16. The Morgan fingerprint density at radius 1 is 1.33 bits per heavy atom. The van der Waals surface area contributed by atoms with Crippen LogP contribution in [0.15, 0.2) is 24.5 Å². The van der Waals surface area contributed by atoms with Gasteiger partial charge in [-0.3, -0.25) is 9.78 Å². The van der Waals surface area contributed by atoms with Gasteiger partial charge in [0.25, 0.3) is 5.91 Å². The largest absolute Gasteiger partial charge is 0.465 e. The van der Waals surface area contributed by atoms with Crippen molar-refractivity contribution in [2.75, 3.05) is 12.4 Å². The summed E-state index contributed by atoms with van der Waals surface area (Å²) in [7, 11) is 1.30. The van der Waals surface area contributed by atoms with Gasteiger partial charge in [0.1, 0.15) is 11.5 Å². The van der Waals surface area contributed by atoms with E-state index in [1.54, 1.807) is 6.20 Å². The smallest absolute Gasteiger partial charge is 0.339 e. The number of nitrogens with zero attached hydrogens (tertiary/aromatic N) is 3. The number of hydrogen-bond donors (Lipinski definition) is 1. The van der Waals surface area contributed by atoms with Crippen molar-refractivity contribution in [2.24, 2.45) is 5.92 Å². The van der Waals surface area contributed by atoms with Crippen molar-refractivity contribution >= 4 is 17.7 Å². The lowest BCUT2D eigenvalue weighted by Crippen LogP contribution is -2.20. The summed E-state index contributed by atoms with van der Waals surface area (Å²) in [5.41, 5.74) is 1.44. The Hall–Kier alpha value is -2.70. The highest BCUT2D eigenvalue weighted by Crippen LogP contribution is 2.40. The second kappa shape index (κ2) is 6.43. The number of hydrogen-bond acceptors (Lipinski definition) is 5.